The van der Waals surface area contributed by atoms with E-state index in [-0.39, 0.29) is 5.82 Å². The van der Waals surface area contributed by atoms with E-state index < -0.39 is 0 Å². The van der Waals surface area contributed by atoms with E-state index in [0.717, 1.165) is 22.2 Å². The number of hydrogen-bond donors (Lipinski definition) is 0. The van der Waals surface area contributed by atoms with Gasteiger partial charge in [-0.2, -0.15) is 0 Å². The summed E-state index contributed by atoms with van der Waals surface area (Å²) >= 11 is 1.71. The molecule has 4 aromatic rings. The Morgan fingerprint density at radius 3 is 2.50 bits per heavy atom. The third-order valence-electron chi connectivity index (χ3n) is 3.42. The average Bonchev–Trinajstić information content (AvgIpc) is 2.97. The van der Waals surface area contributed by atoms with Crippen LogP contribution in [0.4, 0.5) is 4.39 Å². The second-order valence-electron chi connectivity index (χ2n) is 4.65. The molecule has 4 rings (SSSR count). The summed E-state index contributed by atoms with van der Waals surface area (Å²) in [5, 5.41) is 4.37. The quantitative estimate of drug-likeness (QED) is 0.463. The normalized spacial score (nSPS) is 11.2. The van der Waals surface area contributed by atoms with Crippen LogP contribution in [0.15, 0.2) is 60.0 Å². The predicted octanol–water partition coefficient (Wildman–Crippen LogP) is 5.26. The highest BCUT2D eigenvalue weighted by atomic mass is 32.1. The van der Waals surface area contributed by atoms with E-state index in [1.807, 2.05) is 18.2 Å². The molecular formula is C17H10FNS. The molecule has 0 spiro atoms. The predicted molar refractivity (Wildman–Crippen MR) is 82.5 cm³/mol. The van der Waals surface area contributed by atoms with E-state index in [0.29, 0.717) is 0 Å². The Kier molecular flexibility index (Phi) is 2.54. The van der Waals surface area contributed by atoms with Gasteiger partial charge in [0.1, 0.15) is 5.82 Å². The van der Waals surface area contributed by atoms with Gasteiger partial charge in [0.25, 0.3) is 0 Å². The molecule has 0 radical (unpaired) electrons. The molecular weight excluding hydrogens is 269 g/mol. The first-order valence-electron chi connectivity index (χ1n) is 6.35. The Morgan fingerprint density at radius 2 is 1.65 bits per heavy atom. The van der Waals surface area contributed by atoms with E-state index in [9.17, 15) is 4.39 Å². The topological polar surface area (TPSA) is 12.9 Å². The van der Waals surface area contributed by atoms with Crippen molar-refractivity contribution >= 4 is 32.3 Å². The summed E-state index contributed by atoms with van der Waals surface area (Å²) in [5.41, 5.74) is 2.84. The van der Waals surface area contributed by atoms with Gasteiger partial charge >= 0.3 is 0 Å². The Labute approximate surface area is 119 Å². The van der Waals surface area contributed by atoms with Crippen LogP contribution in [0.25, 0.3) is 32.2 Å². The summed E-state index contributed by atoms with van der Waals surface area (Å²) in [7, 11) is 0. The van der Waals surface area contributed by atoms with Crippen LogP contribution in [-0.2, 0) is 0 Å². The van der Waals surface area contributed by atoms with Crippen molar-refractivity contribution in [1.29, 1.82) is 0 Å². The summed E-state index contributed by atoms with van der Waals surface area (Å²) in [5.74, 6) is -0.226. The van der Waals surface area contributed by atoms with Gasteiger partial charge in [-0.3, -0.25) is 0 Å². The van der Waals surface area contributed by atoms with Crippen LogP contribution >= 0.6 is 11.3 Å². The van der Waals surface area contributed by atoms with Crippen molar-refractivity contribution in [3.63, 3.8) is 0 Å². The smallest absolute Gasteiger partial charge is 0.123 e. The highest BCUT2D eigenvalue weighted by molar-refractivity contribution is 7.18. The number of nitrogens with zero attached hydrogens (tertiary/aromatic N) is 1. The van der Waals surface area contributed by atoms with Gasteiger partial charge in [0.15, 0.2) is 0 Å². The summed E-state index contributed by atoms with van der Waals surface area (Å²) in [4.78, 5) is 4.76. The third-order valence-corrected chi connectivity index (χ3v) is 4.37. The maximum absolute atomic E-state index is 13.1. The third kappa shape index (κ3) is 1.71. The minimum atomic E-state index is -0.226. The van der Waals surface area contributed by atoms with E-state index in [2.05, 4.69) is 17.5 Å². The van der Waals surface area contributed by atoms with E-state index in [1.165, 1.54) is 22.2 Å². The molecule has 96 valence electrons. The van der Waals surface area contributed by atoms with Crippen LogP contribution in [0.3, 0.4) is 0 Å². The standard InChI is InChI=1S/C17H10FNS/c18-12-7-5-11(6-8-12)16-14-9-10-20-17(14)13-3-1-2-4-15(13)19-16/h1-10H. The van der Waals surface area contributed by atoms with Gasteiger partial charge in [-0.05, 0) is 41.8 Å². The fourth-order valence-corrected chi connectivity index (χ4v) is 3.41. The molecule has 0 amide bonds. The van der Waals surface area contributed by atoms with Gasteiger partial charge in [0.2, 0.25) is 0 Å². The maximum Gasteiger partial charge on any atom is 0.123 e. The zero-order chi connectivity index (χ0) is 13.5. The summed E-state index contributed by atoms with van der Waals surface area (Å²) < 4.78 is 14.3. The van der Waals surface area contributed by atoms with Crippen molar-refractivity contribution < 1.29 is 4.39 Å². The Morgan fingerprint density at radius 1 is 0.850 bits per heavy atom. The molecule has 2 heterocycles. The first-order chi connectivity index (χ1) is 9.83. The number of hydrogen-bond acceptors (Lipinski definition) is 2. The Bertz CT molecular complexity index is 909. The van der Waals surface area contributed by atoms with Crippen LogP contribution in [-0.4, -0.2) is 4.98 Å². The molecule has 0 saturated heterocycles. The highest BCUT2D eigenvalue weighted by Gasteiger charge is 2.10. The lowest BCUT2D eigenvalue weighted by molar-refractivity contribution is 0.628. The van der Waals surface area contributed by atoms with Crippen molar-refractivity contribution in [2.24, 2.45) is 0 Å². The minimum Gasteiger partial charge on any atom is -0.247 e. The number of aromatic nitrogens is 1. The molecule has 2 aromatic carbocycles. The lowest BCUT2D eigenvalue weighted by Gasteiger charge is -2.06. The molecule has 0 aliphatic carbocycles. The Hall–Kier alpha value is -2.26. The molecule has 0 saturated carbocycles. The molecule has 20 heavy (non-hydrogen) atoms. The zero-order valence-corrected chi connectivity index (χ0v) is 11.3. The van der Waals surface area contributed by atoms with Crippen LogP contribution in [0, 0.1) is 5.82 Å². The summed E-state index contributed by atoms with van der Waals surface area (Å²) in [6.45, 7) is 0. The van der Waals surface area contributed by atoms with Gasteiger partial charge in [-0.25, -0.2) is 9.37 Å². The fourth-order valence-electron chi connectivity index (χ4n) is 2.48. The van der Waals surface area contributed by atoms with E-state index in [4.69, 9.17) is 4.98 Å². The van der Waals surface area contributed by atoms with Crippen molar-refractivity contribution in [2.75, 3.05) is 0 Å². The molecule has 0 bridgehead atoms. The second kappa shape index (κ2) is 4.39. The summed E-state index contributed by atoms with van der Waals surface area (Å²) in [6.07, 6.45) is 0. The molecule has 0 atom stereocenters. The monoisotopic (exact) mass is 279 g/mol. The molecule has 0 unspecified atom stereocenters. The van der Waals surface area contributed by atoms with Crippen molar-refractivity contribution in [1.82, 2.24) is 4.98 Å². The lowest BCUT2D eigenvalue weighted by Crippen LogP contribution is -1.87. The van der Waals surface area contributed by atoms with Crippen LogP contribution in [0.2, 0.25) is 0 Å². The molecule has 0 aliphatic heterocycles. The van der Waals surface area contributed by atoms with Gasteiger partial charge in [-0.1, -0.05) is 18.2 Å². The zero-order valence-electron chi connectivity index (χ0n) is 10.5. The number of rotatable bonds is 1. The summed E-state index contributed by atoms with van der Waals surface area (Å²) in [6, 6.07) is 16.7. The Balaban J connectivity index is 2.11. The molecule has 0 aliphatic rings. The first-order valence-corrected chi connectivity index (χ1v) is 7.23. The average molecular weight is 279 g/mol. The number of benzene rings is 2. The van der Waals surface area contributed by atoms with Crippen LogP contribution < -0.4 is 0 Å². The van der Waals surface area contributed by atoms with Gasteiger partial charge in [0.05, 0.1) is 11.2 Å². The molecule has 0 N–H and O–H groups in total. The number of pyridine rings is 1. The first kappa shape index (κ1) is 11.6. The number of thiophene rings is 1. The van der Waals surface area contributed by atoms with Crippen LogP contribution in [0.5, 0.6) is 0 Å². The number of para-hydroxylation sites is 1. The molecule has 3 heteroatoms. The second-order valence-corrected chi connectivity index (χ2v) is 5.56. The fraction of sp³-hybridized carbons (Fsp3) is 0. The SMILES string of the molecule is Fc1ccc(-c2nc3ccccc3c3sccc23)cc1. The minimum absolute atomic E-state index is 0.226. The number of halogens is 1. The number of fused-ring (bicyclic) bond motifs is 3. The van der Waals surface area contributed by atoms with Gasteiger partial charge in [0, 0.05) is 21.0 Å². The molecule has 1 nitrogen and oxygen atoms in total. The van der Waals surface area contributed by atoms with Gasteiger partial charge in [-0.15, -0.1) is 11.3 Å². The maximum atomic E-state index is 13.1. The van der Waals surface area contributed by atoms with Gasteiger partial charge < -0.3 is 0 Å². The molecule has 2 aromatic heterocycles. The largest absolute Gasteiger partial charge is 0.247 e. The lowest BCUT2D eigenvalue weighted by atomic mass is 10.1. The van der Waals surface area contributed by atoms with Crippen molar-refractivity contribution in [2.45, 2.75) is 0 Å². The van der Waals surface area contributed by atoms with E-state index >= 15 is 0 Å². The van der Waals surface area contributed by atoms with Crippen molar-refractivity contribution in [3.05, 3.63) is 65.8 Å². The van der Waals surface area contributed by atoms with Crippen molar-refractivity contribution in [3.8, 4) is 11.3 Å². The van der Waals surface area contributed by atoms with Crippen LogP contribution in [0.1, 0.15) is 0 Å². The highest BCUT2D eigenvalue weighted by Crippen LogP contribution is 2.35. The van der Waals surface area contributed by atoms with E-state index in [1.54, 1.807) is 23.5 Å². The molecule has 0 fully saturated rings.